The molecule has 0 saturated carbocycles. The van der Waals surface area contributed by atoms with Crippen molar-refractivity contribution in [3.63, 3.8) is 0 Å². The van der Waals surface area contributed by atoms with Crippen LogP contribution >= 0.6 is 0 Å². The van der Waals surface area contributed by atoms with Crippen molar-refractivity contribution in [2.24, 2.45) is 0 Å². The van der Waals surface area contributed by atoms with E-state index in [0.717, 1.165) is 30.6 Å². The second-order valence-corrected chi connectivity index (χ2v) is 4.46. The molecule has 1 heterocycles. The molecule has 1 atom stereocenters. The summed E-state index contributed by atoms with van der Waals surface area (Å²) >= 11 is 0. The Balaban J connectivity index is 2.21. The normalized spacial score (nSPS) is 20.0. The number of aliphatic hydroxyl groups is 1. The zero-order chi connectivity index (χ0) is 12.3. The SMILES string of the molecule is N#CCc1cc(N2CCCC(O)C2)ccc1N. The van der Waals surface area contributed by atoms with E-state index in [1.807, 2.05) is 18.2 Å². The number of nitrogen functional groups attached to an aromatic ring is 1. The lowest BCUT2D eigenvalue weighted by atomic mass is 10.1. The number of aliphatic hydroxyl groups excluding tert-OH is 1. The van der Waals surface area contributed by atoms with Crippen LogP contribution in [0, 0.1) is 11.3 Å². The van der Waals surface area contributed by atoms with Gasteiger partial charge in [-0.3, -0.25) is 0 Å². The smallest absolute Gasteiger partial charge is 0.0715 e. The van der Waals surface area contributed by atoms with Crippen LogP contribution < -0.4 is 10.6 Å². The molecule has 1 saturated heterocycles. The molecule has 4 heteroatoms. The zero-order valence-corrected chi connectivity index (χ0v) is 9.76. The van der Waals surface area contributed by atoms with Crippen molar-refractivity contribution < 1.29 is 5.11 Å². The summed E-state index contributed by atoms with van der Waals surface area (Å²) < 4.78 is 0. The summed E-state index contributed by atoms with van der Waals surface area (Å²) in [4.78, 5) is 2.15. The first kappa shape index (κ1) is 11.7. The number of β-amino-alcohol motifs (C(OH)–C–C–N with tert-alkyl or cyclic N) is 1. The fourth-order valence-electron chi connectivity index (χ4n) is 2.22. The predicted octanol–water partition coefficient (Wildman–Crippen LogP) is 1.30. The van der Waals surface area contributed by atoms with Crippen LogP contribution in [0.25, 0.3) is 0 Å². The highest BCUT2D eigenvalue weighted by atomic mass is 16.3. The fourth-order valence-corrected chi connectivity index (χ4v) is 2.22. The average molecular weight is 231 g/mol. The highest BCUT2D eigenvalue weighted by molar-refractivity contribution is 5.59. The third-order valence-electron chi connectivity index (χ3n) is 3.16. The van der Waals surface area contributed by atoms with Gasteiger partial charge in [-0.15, -0.1) is 0 Å². The van der Waals surface area contributed by atoms with Gasteiger partial charge in [-0.25, -0.2) is 0 Å². The van der Waals surface area contributed by atoms with Crippen LogP contribution in [-0.4, -0.2) is 24.3 Å². The molecule has 0 amide bonds. The minimum atomic E-state index is -0.249. The standard InChI is InChI=1S/C13H17N3O/c14-6-5-10-8-11(3-4-13(10)15)16-7-1-2-12(17)9-16/h3-4,8,12,17H,1-2,5,7,9,15H2. The molecule has 0 spiro atoms. The van der Waals surface area contributed by atoms with E-state index in [2.05, 4.69) is 11.0 Å². The number of anilines is 2. The molecular formula is C13H17N3O. The summed E-state index contributed by atoms with van der Waals surface area (Å²) in [6.07, 6.45) is 1.95. The molecule has 0 aromatic heterocycles. The number of hydrogen-bond acceptors (Lipinski definition) is 4. The van der Waals surface area contributed by atoms with Crippen molar-refractivity contribution in [2.75, 3.05) is 23.7 Å². The Labute approximate surface area is 101 Å². The number of rotatable bonds is 2. The van der Waals surface area contributed by atoms with Gasteiger partial charge in [0.05, 0.1) is 18.6 Å². The topological polar surface area (TPSA) is 73.3 Å². The molecule has 1 aromatic rings. The molecule has 0 aliphatic carbocycles. The van der Waals surface area contributed by atoms with Gasteiger partial charge in [-0.2, -0.15) is 5.26 Å². The molecule has 4 nitrogen and oxygen atoms in total. The Morgan fingerprint density at radius 3 is 3.06 bits per heavy atom. The van der Waals surface area contributed by atoms with E-state index in [-0.39, 0.29) is 6.10 Å². The summed E-state index contributed by atoms with van der Waals surface area (Å²) in [5.41, 5.74) is 8.38. The van der Waals surface area contributed by atoms with Gasteiger partial charge in [0.25, 0.3) is 0 Å². The Bertz CT molecular complexity index is 439. The van der Waals surface area contributed by atoms with Gasteiger partial charge in [0.2, 0.25) is 0 Å². The maximum atomic E-state index is 9.65. The van der Waals surface area contributed by atoms with E-state index in [9.17, 15) is 5.11 Å². The summed E-state index contributed by atoms with van der Waals surface area (Å²) in [6, 6.07) is 7.86. The molecule has 17 heavy (non-hydrogen) atoms. The summed E-state index contributed by atoms with van der Waals surface area (Å²) in [5, 5.41) is 18.4. The molecule has 1 aromatic carbocycles. The number of nitrogens with zero attached hydrogens (tertiary/aromatic N) is 2. The van der Waals surface area contributed by atoms with Gasteiger partial charge in [0, 0.05) is 24.5 Å². The molecule has 1 fully saturated rings. The van der Waals surface area contributed by atoms with Gasteiger partial charge < -0.3 is 15.7 Å². The van der Waals surface area contributed by atoms with Crippen molar-refractivity contribution in [3.05, 3.63) is 23.8 Å². The lowest BCUT2D eigenvalue weighted by Crippen LogP contribution is -2.38. The predicted molar refractivity (Wildman–Crippen MR) is 67.6 cm³/mol. The van der Waals surface area contributed by atoms with Crippen molar-refractivity contribution in [3.8, 4) is 6.07 Å². The third kappa shape index (κ3) is 2.69. The summed E-state index contributed by atoms with van der Waals surface area (Å²) in [5.74, 6) is 0. The quantitative estimate of drug-likeness (QED) is 0.752. The minimum absolute atomic E-state index is 0.249. The van der Waals surface area contributed by atoms with Crippen molar-refractivity contribution in [2.45, 2.75) is 25.4 Å². The first-order valence-corrected chi connectivity index (χ1v) is 5.89. The summed E-state index contributed by atoms with van der Waals surface area (Å²) in [7, 11) is 0. The molecule has 1 unspecified atom stereocenters. The average Bonchev–Trinajstić information content (AvgIpc) is 2.32. The Morgan fingerprint density at radius 1 is 1.53 bits per heavy atom. The van der Waals surface area contributed by atoms with Crippen LogP contribution in [0.3, 0.4) is 0 Å². The summed E-state index contributed by atoms with van der Waals surface area (Å²) in [6.45, 7) is 1.61. The van der Waals surface area contributed by atoms with Crippen molar-refractivity contribution >= 4 is 11.4 Å². The van der Waals surface area contributed by atoms with E-state index in [1.54, 1.807) is 0 Å². The van der Waals surface area contributed by atoms with Crippen LogP contribution in [0.4, 0.5) is 11.4 Å². The first-order valence-electron chi connectivity index (χ1n) is 5.89. The molecule has 0 radical (unpaired) electrons. The Kier molecular flexibility index (Phi) is 3.50. The van der Waals surface area contributed by atoms with Crippen molar-refractivity contribution in [1.29, 1.82) is 5.26 Å². The van der Waals surface area contributed by atoms with Crippen LogP contribution in [0.1, 0.15) is 18.4 Å². The molecule has 3 N–H and O–H groups in total. The molecule has 90 valence electrons. The number of nitriles is 1. The maximum absolute atomic E-state index is 9.65. The lowest BCUT2D eigenvalue weighted by molar-refractivity contribution is 0.154. The maximum Gasteiger partial charge on any atom is 0.0715 e. The van der Waals surface area contributed by atoms with Gasteiger partial charge in [-0.05, 0) is 36.6 Å². The molecule has 1 aliphatic heterocycles. The van der Waals surface area contributed by atoms with Gasteiger partial charge >= 0.3 is 0 Å². The molecule has 2 rings (SSSR count). The largest absolute Gasteiger partial charge is 0.398 e. The monoisotopic (exact) mass is 231 g/mol. The molecular weight excluding hydrogens is 214 g/mol. The second kappa shape index (κ2) is 5.07. The van der Waals surface area contributed by atoms with Crippen LogP contribution in [0.15, 0.2) is 18.2 Å². The van der Waals surface area contributed by atoms with Crippen LogP contribution in [0.2, 0.25) is 0 Å². The van der Waals surface area contributed by atoms with Gasteiger partial charge in [0.15, 0.2) is 0 Å². The number of nitrogens with two attached hydrogens (primary N) is 1. The van der Waals surface area contributed by atoms with Crippen LogP contribution in [-0.2, 0) is 6.42 Å². The first-order chi connectivity index (χ1) is 8.20. The third-order valence-corrected chi connectivity index (χ3v) is 3.16. The van der Waals surface area contributed by atoms with E-state index in [0.29, 0.717) is 18.7 Å². The fraction of sp³-hybridized carbons (Fsp3) is 0.462. The second-order valence-electron chi connectivity index (χ2n) is 4.46. The van der Waals surface area contributed by atoms with Gasteiger partial charge in [-0.1, -0.05) is 0 Å². The zero-order valence-electron chi connectivity index (χ0n) is 9.76. The molecule has 0 bridgehead atoms. The van der Waals surface area contributed by atoms with E-state index < -0.39 is 0 Å². The number of hydrogen-bond donors (Lipinski definition) is 2. The van der Waals surface area contributed by atoms with Crippen molar-refractivity contribution in [1.82, 2.24) is 0 Å². The minimum Gasteiger partial charge on any atom is -0.398 e. The molecule has 1 aliphatic rings. The van der Waals surface area contributed by atoms with Crippen LogP contribution in [0.5, 0.6) is 0 Å². The highest BCUT2D eigenvalue weighted by Crippen LogP contribution is 2.24. The van der Waals surface area contributed by atoms with Gasteiger partial charge in [0.1, 0.15) is 0 Å². The number of piperidine rings is 1. The lowest BCUT2D eigenvalue weighted by Gasteiger charge is -2.32. The van der Waals surface area contributed by atoms with E-state index >= 15 is 0 Å². The highest BCUT2D eigenvalue weighted by Gasteiger charge is 2.18. The Hall–Kier alpha value is -1.73. The van der Waals surface area contributed by atoms with E-state index in [1.165, 1.54) is 0 Å². The van der Waals surface area contributed by atoms with E-state index in [4.69, 9.17) is 11.0 Å². The number of benzene rings is 1. The Morgan fingerprint density at radius 2 is 2.35 bits per heavy atom.